The van der Waals surface area contributed by atoms with Crippen molar-refractivity contribution in [2.45, 2.75) is 13.0 Å². The van der Waals surface area contributed by atoms with Crippen molar-refractivity contribution in [1.29, 1.82) is 0 Å². The highest BCUT2D eigenvalue weighted by Gasteiger charge is 2.07. The number of benzene rings is 1. The van der Waals surface area contributed by atoms with E-state index in [4.69, 9.17) is 16.3 Å². The van der Waals surface area contributed by atoms with Crippen molar-refractivity contribution in [3.63, 3.8) is 0 Å². The summed E-state index contributed by atoms with van der Waals surface area (Å²) in [6.07, 6.45) is 1.65. The highest BCUT2D eigenvalue weighted by molar-refractivity contribution is 6.30. The molecule has 0 fully saturated rings. The Hall–Kier alpha value is -1.81. The molecule has 1 atom stereocenters. The Labute approximate surface area is 111 Å². The molecule has 0 aliphatic rings. The number of hydrogen-bond donors (Lipinski definition) is 1. The molecule has 18 heavy (non-hydrogen) atoms. The molecule has 0 aliphatic carbocycles. The largest absolute Gasteiger partial charge is 0.481 e. The maximum Gasteiger partial charge on any atom is 0.226 e. The number of anilines is 1. The van der Waals surface area contributed by atoms with Crippen LogP contribution in [0.5, 0.6) is 5.88 Å². The van der Waals surface area contributed by atoms with Crippen molar-refractivity contribution in [3.8, 4) is 5.88 Å². The number of methoxy groups -OCH3 is 1. The molecular formula is C13H14ClN3O. The minimum absolute atomic E-state index is 0.0656. The third-order valence-corrected chi connectivity index (χ3v) is 2.77. The van der Waals surface area contributed by atoms with Gasteiger partial charge in [0.1, 0.15) is 0 Å². The van der Waals surface area contributed by atoms with E-state index in [2.05, 4.69) is 15.3 Å². The summed E-state index contributed by atoms with van der Waals surface area (Å²) in [6, 6.07) is 9.45. The molecule has 1 unspecified atom stereocenters. The normalized spacial score (nSPS) is 11.9. The molecule has 0 bridgehead atoms. The van der Waals surface area contributed by atoms with Gasteiger partial charge in [0.15, 0.2) is 0 Å². The average molecular weight is 264 g/mol. The highest BCUT2D eigenvalue weighted by Crippen LogP contribution is 2.20. The van der Waals surface area contributed by atoms with Gasteiger partial charge in [0, 0.05) is 17.3 Å². The van der Waals surface area contributed by atoms with Gasteiger partial charge in [-0.1, -0.05) is 23.7 Å². The van der Waals surface area contributed by atoms with Gasteiger partial charge in [-0.3, -0.25) is 0 Å². The molecule has 1 aromatic carbocycles. The summed E-state index contributed by atoms with van der Waals surface area (Å²) in [5.41, 5.74) is 1.08. The maximum absolute atomic E-state index is 5.96. The van der Waals surface area contributed by atoms with Crippen molar-refractivity contribution in [2.24, 2.45) is 0 Å². The summed E-state index contributed by atoms with van der Waals surface area (Å²) in [6.45, 7) is 2.02. The standard InChI is InChI=1S/C13H14ClN3O/c1-9(10-4-3-5-11(14)8-10)16-13-15-7-6-12(17-13)18-2/h3-9H,1-2H3,(H,15,16,17). The number of halogens is 1. The van der Waals surface area contributed by atoms with Crippen LogP contribution in [0.3, 0.4) is 0 Å². The Bertz CT molecular complexity index is 533. The molecule has 4 nitrogen and oxygen atoms in total. The zero-order chi connectivity index (χ0) is 13.0. The van der Waals surface area contributed by atoms with E-state index in [0.717, 1.165) is 5.56 Å². The van der Waals surface area contributed by atoms with Crippen molar-refractivity contribution >= 4 is 17.5 Å². The number of nitrogens with zero attached hydrogens (tertiary/aromatic N) is 2. The van der Waals surface area contributed by atoms with Crippen LogP contribution in [0.4, 0.5) is 5.95 Å². The van der Waals surface area contributed by atoms with Crippen LogP contribution in [0.15, 0.2) is 36.5 Å². The Balaban J connectivity index is 2.13. The summed E-state index contributed by atoms with van der Waals surface area (Å²) in [5.74, 6) is 1.06. The molecule has 5 heteroatoms. The van der Waals surface area contributed by atoms with E-state index in [1.807, 2.05) is 31.2 Å². The first-order valence-electron chi connectivity index (χ1n) is 5.58. The summed E-state index contributed by atoms with van der Waals surface area (Å²) < 4.78 is 5.05. The van der Waals surface area contributed by atoms with Gasteiger partial charge in [-0.25, -0.2) is 4.98 Å². The van der Waals surface area contributed by atoms with Gasteiger partial charge < -0.3 is 10.1 Å². The summed E-state index contributed by atoms with van der Waals surface area (Å²) in [4.78, 5) is 8.34. The molecule has 0 amide bonds. The number of nitrogens with one attached hydrogen (secondary N) is 1. The molecule has 0 saturated carbocycles. The minimum Gasteiger partial charge on any atom is -0.481 e. The number of hydrogen-bond acceptors (Lipinski definition) is 4. The van der Waals surface area contributed by atoms with Crippen molar-refractivity contribution in [3.05, 3.63) is 47.1 Å². The van der Waals surface area contributed by atoms with E-state index < -0.39 is 0 Å². The number of ether oxygens (including phenoxy) is 1. The second-order valence-electron chi connectivity index (χ2n) is 3.84. The van der Waals surface area contributed by atoms with E-state index in [0.29, 0.717) is 16.9 Å². The Morgan fingerprint density at radius 3 is 2.89 bits per heavy atom. The first-order valence-corrected chi connectivity index (χ1v) is 5.96. The smallest absolute Gasteiger partial charge is 0.226 e. The maximum atomic E-state index is 5.96. The lowest BCUT2D eigenvalue weighted by atomic mass is 10.1. The zero-order valence-electron chi connectivity index (χ0n) is 10.2. The predicted octanol–water partition coefficient (Wildman–Crippen LogP) is 3.31. The lowest BCUT2D eigenvalue weighted by Gasteiger charge is -2.14. The van der Waals surface area contributed by atoms with Gasteiger partial charge in [0.2, 0.25) is 11.8 Å². The van der Waals surface area contributed by atoms with Gasteiger partial charge in [0.05, 0.1) is 13.2 Å². The van der Waals surface area contributed by atoms with E-state index in [1.54, 1.807) is 19.4 Å². The highest BCUT2D eigenvalue weighted by atomic mass is 35.5. The number of rotatable bonds is 4. The molecule has 1 aromatic heterocycles. The Kier molecular flexibility index (Phi) is 3.99. The molecule has 1 N–H and O–H groups in total. The van der Waals surface area contributed by atoms with E-state index in [1.165, 1.54) is 0 Å². The Morgan fingerprint density at radius 2 is 2.17 bits per heavy atom. The topological polar surface area (TPSA) is 47.0 Å². The molecule has 94 valence electrons. The van der Waals surface area contributed by atoms with Crippen molar-refractivity contribution < 1.29 is 4.74 Å². The molecule has 0 saturated heterocycles. The fourth-order valence-corrected chi connectivity index (χ4v) is 1.78. The van der Waals surface area contributed by atoms with E-state index in [-0.39, 0.29) is 6.04 Å². The summed E-state index contributed by atoms with van der Waals surface area (Å²) in [7, 11) is 1.58. The minimum atomic E-state index is 0.0656. The monoisotopic (exact) mass is 263 g/mol. The van der Waals surface area contributed by atoms with Crippen LogP contribution in [-0.2, 0) is 0 Å². The van der Waals surface area contributed by atoms with Gasteiger partial charge in [-0.05, 0) is 24.6 Å². The predicted molar refractivity (Wildman–Crippen MR) is 72.1 cm³/mol. The molecule has 2 rings (SSSR count). The first-order chi connectivity index (χ1) is 8.69. The second-order valence-corrected chi connectivity index (χ2v) is 4.28. The molecular weight excluding hydrogens is 250 g/mol. The van der Waals surface area contributed by atoms with Gasteiger partial charge in [-0.2, -0.15) is 4.98 Å². The number of aromatic nitrogens is 2. The van der Waals surface area contributed by atoms with Crippen LogP contribution >= 0.6 is 11.6 Å². The third-order valence-electron chi connectivity index (χ3n) is 2.53. The lowest BCUT2D eigenvalue weighted by molar-refractivity contribution is 0.397. The lowest BCUT2D eigenvalue weighted by Crippen LogP contribution is -2.09. The van der Waals surface area contributed by atoms with E-state index in [9.17, 15) is 0 Å². The molecule has 2 aromatic rings. The second kappa shape index (κ2) is 5.69. The fourth-order valence-electron chi connectivity index (χ4n) is 1.58. The first kappa shape index (κ1) is 12.6. The molecule has 0 spiro atoms. The third kappa shape index (κ3) is 3.11. The van der Waals surface area contributed by atoms with Gasteiger partial charge in [0.25, 0.3) is 0 Å². The molecule has 1 heterocycles. The quantitative estimate of drug-likeness (QED) is 0.919. The van der Waals surface area contributed by atoms with Crippen molar-refractivity contribution in [1.82, 2.24) is 9.97 Å². The van der Waals surface area contributed by atoms with Crippen LogP contribution < -0.4 is 10.1 Å². The Morgan fingerprint density at radius 1 is 1.33 bits per heavy atom. The molecule has 0 radical (unpaired) electrons. The summed E-state index contributed by atoms with van der Waals surface area (Å²) in [5, 5.41) is 3.91. The van der Waals surface area contributed by atoms with Crippen LogP contribution in [0, 0.1) is 0 Å². The molecule has 0 aliphatic heterocycles. The van der Waals surface area contributed by atoms with Crippen LogP contribution in [0.2, 0.25) is 5.02 Å². The van der Waals surface area contributed by atoms with Gasteiger partial charge in [-0.15, -0.1) is 0 Å². The van der Waals surface area contributed by atoms with Crippen LogP contribution in [0.25, 0.3) is 0 Å². The van der Waals surface area contributed by atoms with Crippen LogP contribution in [0.1, 0.15) is 18.5 Å². The van der Waals surface area contributed by atoms with Gasteiger partial charge >= 0.3 is 0 Å². The van der Waals surface area contributed by atoms with E-state index >= 15 is 0 Å². The zero-order valence-corrected chi connectivity index (χ0v) is 11.0. The fraction of sp³-hybridized carbons (Fsp3) is 0.231. The SMILES string of the molecule is COc1ccnc(NC(C)c2cccc(Cl)c2)n1. The summed E-state index contributed by atoms with van der Waals surface area (Å²) >= 11 is 5.96. The van der Waals surface area contributed by atoms with Crippen LogP contribution in [-0.4, -0.2) is 17.1 Å². The van der Waals surface area contributed by atoms with Crippen molar-refractivity contribution in [2.75, 3.05) is 12.4 Å². The average Bonchev–Trinajstić information content (AvgIpc) is 2.39.